The van der Waals surface area contributed by atoms with E-state index in [9.17, 15) is 24.1 Å². The lowest BCUT2D eigenvalue weighted by molar-refractivity contribution is -0.385. The zero-order chi connectivity index (χ0) is 18.7. The smallest absolute Gasteiger partial charge is 0.338 e. The van der Waals surface area contributed by atoms with Crippen LogP contribution in [0.15, 0.2) is 18.2 Å². The third-order valence-electron chi connectivity index (χ3n) is 3.03. The molecule has 9 heteroatoms. The summed E-state index contributed by atoms with van der Waals surface area (Å²) in [4.78, 5) is 34.6. The molecule has 24 heavy (non-hydrogen) atoms. The van der Waals surface area contributed by atoms with E-state index in [1.807, 2.05) is 0 Å². The molecule has 0 aromatic heterocycles. The standard InChI is InChI=1S/C15H19FN2O6/c1-14(2,3)24-13(20)15(17,12(19)23-4)8-9-5-6-10(16)7-11(9)18(21)22/h5-7H,8,17H2,1-4H3. The van der Waals surface area contributed by atoms with Crippen molar-refractivity contribution < 1.29 is 28.4 Å². The summed E-state index contributed by atoms with van der Waals surface area (Å²) >= 11 is 0. The van der Waals surface area contributed by atoms with Gasteiger partial charge in [0.05, 0.1) is 18.1 Å². The molecule has 0 aliphatic carbocycles. The van der Waals surface area contributed by atoms with E-state index < -0.39 is 45.9 Å². The van der Waals surface area contributed by atoms with E-state index in [1.54, 1.807) is 20.8 Å². The Morgan fingerprint density at radius 2 is 1.88 bits per heavy atom. The Bertz CT molecular complexity index is 670. The molecule has 0 fully saturated rings. The van der Waals surface area contributed by atoms with Crippen molar-refractivity contribution in [1.29, 1.82) is 0 Å². The number of halogens is 1. The van der Waals surface area contributed by atoms with E-state index in [2.05, 4.69) is 4.74 Å². The predicted molar refractivity (Wildman–Crippen MR) is 81.5 cm³/mol. The van der Waals surface area contributed by atoms with E-state index in [0.29, 0.717) is 6.07 Å². The number of carbonyl (C=O) groups excluding carboxylic acids is 2. The van der Waals surface area contributed by atoms with Gasteiger partial charge in [0.15, 0.2) is 0 Å². The average molecular weight is 342 g/mol. The number of nitro benzene ring substituents is 1. The van der Waals surface area contributed by atoms with Crippen LogP contribution in [-0.2, 0) is 25.5 Å². The maximum Gasteiger partial charge on any atom is 0.338 e. The molecule has 0 aliphatic rings. The number of methoxy groups -OCH3 is 1. The van der Waals surface area contributed by atoms with Crippen molar-refractivity contribution in [1.82, 2.24) is 0 Å². The molecule has 0 saturated carbocycles. The monoisotopic (exact) mass is 342 g/mol. The maximum atomic E-state index is 13.2. The number of rotatable bonds is 5. The van der Waals surface area contributed by atoms with Gasteiger partial charge in [0.25, 0.3) is 5.69 Å². The zero-order valence-electron chi connectivity index (χ0n) is 13.8. The number of esters is 2. The molecule has 0 aliphatic heterocycles. The number of nitrogens with zero attached hydrogens (tertiary/aromatic N) is 1. The molecule has 1 atom stereocenters. The van der Waals surface area contributed by atoms with Crippen molar-refractivity contribution >= 4 is 17.6 Å². The summed E-state index contributed by atoms with van der Waals surface area (Å²) in [6.45, 7) is 4.72. The van der Waals surface area contributed by atoms with Crippen molar-refractivity contribution in [3.63, 3.8) is 0 Å². The maximum absolute atomic E-state index is 13.2. The van der Waals surface area contributed by atoms with Gasteiger partial charge in [-0.05, 0) is 32.9 Å². The third-order valence-corrected chi connectivity index (χ3v) is 3.03. The molecular weight excluding hydrogens is 323 g/mol. The molecule has 8 nitrogen and oxygen atoms in total. The van der Waals surface area contributed by atoms with Crippen LogP contribution in [0.5, 0.6) is 0 Å². The largest absolute Gasteiger partial charge is 0.467 e. The highest BCUT2D eigenvalue weighted by Crippen LogP contribution is 2.26. The lowest BCUT2D eigenvalue weighted by Crippen LogP contribution is -2.59. The molecule has 1 rings (SSSR count). The first kappa shape index (κ1) is 19.5. The van der Waals surface area contributed by atoms with Gasteiger partial charge in [-0.1, -0.05) is 0 Å². The van der Waals surface area contributed by atoms with Gasteiger partial charge >= 0.3 is 11.9 Å². The highest BCUT2D eigenvalue weighted by Gasteiger charge is 2.47. The van der Waals surface area contributed by atoms with Crippen LogP contribution < -0.4 is 5.73 Å². The number of carbonyl (C=O) groups is 2. The minimum absolute atomic E-state index is 0.0971. The summed E-state index contributed by atoms with van der Waals surface area (Å²) in [5.74, 6) is -3.04. The highest BCUT2D eigenvalue weighted by molar-refractivity contribution is 6.05. The van der Waals surface area contributed by atoms with Gasteiger partial charge in [-0.2, -0.15) is 0 Å². The molecule has 132 valence electrons. The fourth-order valence-electron chi connectivity index (χ4n) is 1.94. The predicted octanol–water partition coefficient (Wildman–Crippen LogP) is 1.49. The van der Waals surface area contributed by atoms with Crippen molar-refractivity contribution in [2.45, 2.75) is 38.3 Å². The first-order chi connectivity index (χ1) is 10.9. The molecule has 1 aromatic rings. The first-order valence-corrected chi connectivity index (χ1v) is 6.94. The lowest BCUT2D eigenvalue weighted by atomic mass is 9.90. The number of hydrogen-bond acceptors (Lipinski definition) is 7. The van der Waals surface area contributed by atoms with Gasteiger partial charge in [-0.15, -0.1) is 0 Å². The Balaban J connectivity index is 3.32. The number of benzene rings is 1. The van der Waals surface area contributed by atoms with Gasteiger partial charge < -0.3 is 15.2 Å². The quantitative estimate of drug-likeness (QED) is 0.372. The van der Waals surface area contributed by atoms with Gasteiger partial charge in [-0.3, -0.25) is 10.1 Å². The third kappa shape index (κ3) is 4.48. The summed E-state index contributed by atoms with van der Waals surface area (Å²) in [6, 6.07) is 2.74. The van der Waals surface area contributed by atoms with Crippen molar-refractivity contribution in [2.24, 2.45) is 5.73 Å². The molecule has 0 spiro atoms. The second-order valence-corrected chi connectivity index (χ2v) is 6.17. The Kier molecular flexibility index (Phi) is 5.62. The van der Waals surface area contributed by atoms with Gasteiger partial charge in [0.1, 0.15) is 11.4 Å². The van der Waals surface area contributed by atoms with E-state index in [-0.39, 0.29) is 5.56 Å². The topological polar surface area (TPSA) is 122 Å². The van der Waals surface area contributed by atoms with Crippen LogP contribution in [-0.4, -0.2) is 35.1 Å². The zero-order valence-corrected chi connectivity index (χ0v) is 13.8. The Labute approximate surface area is 137 Å². The van der Waals surface area contributed by atoms with E-state index in [4.69, 9.17) is 10.5 Å². The normalized spacial score (nSPS) is 13.8. The average Bonchev–Trinajstić information content (AvgIpc) is 2.45. The summed E-state index contributed by atoms with van der Waals surface area (Å²) in [5, 5.41) is 11.1. The minimum atomic E-state index is -2.30. The van der Waals surface area contributed by atoms with E-state index in [0.717, 1.165) is 19.2 Å². The fourth-order valence-corrected chi connectivity index (χ4v) is 1.94. The summed E-state index contributed by atoms with van der Waals surface area (Å²) < 4.78 is 22.9. The SMILES string of the molecule is COC(=O)C(N)(Cc1ccc(F)cc1[N+](=O)[O-])C(=O)OC(C)(C)C. The summed E-state index contributed by atoms with van der Waals surface area (Å²) in [6.07, 6.45) is -0.578. The van der Waals surface area contributed by atoms with E-state index in [1.165, 1.54) is 0 Å². The van der Waals surface area contributed by atoms with Crippen LogP contribution in [0.25, 0.3) is 0 Å². The Hall–Kier alpha value is -2.55. The fraction of sp³-hybridized carbons (Fsp3) is 0.467. The molecule has 2 N–H and O–H groups in total. The summed E-state index contributed by atoms with van der Waals surface area (Å²) in [5.41, 5.74) is 1.94. The number of ether oxygens (including phenoxy) is 2. The lowest BCUT2D eigenvalue weighted by Gasteiger charge is -2.29. The van der Waals surface area contributed by atoms with Crippen LogP contribution in [0, 0.1) is 15.9 Å². The van der Waals surface area contributed by atoms with Crippen LogP contribution >= 0.6 is 0 Å². The Morgan fingerprint density at radius 3 is 2.33 bits per heavy atom. The molecule has 0 radical (unpaired) electrons. The second-order valence-electron chi connectivity index (χ2n) is 6.17. The molecule has 1 unspecified atom stereocenters. The van der Waals surface area contributed by atoms with Gasteiger partial charge in [0.2, 0.25) is 5.54 Å². The molecule has 0 amide bonds. The van der Waals surface area contributed by atoms with E-state index >= 15 is 0 Å². The number of nitrogens with two attached hydrogens (primary N) is 1. The number of hydrogen-bond donors (Lipinski definition) is 1. The second kappa shape index (κ2) is 6.91. The van der Waals surface area contributed by atoms with Gasteiger partial charge in [0, 0.05) is 12.0 Å². The van der Waals surface area contributed by atoms with Crippen molar-refractivity contribution in [2.75, 3.05) is 7.11 Å². The van der Waals surface area contributed by atoms with Crippen LogP contribution in [0.3, 0.4) is 0 Å². The van der Waals surface area contributed by atoms with Crippen LogP contribution in [0.1, 0.15) is 26.3 Å². The van der Waals surface area contributed by atoms with Crippen molar-refractivity contribution in [3.05, 3.63) is 39.7 Å². The first-order valence-electron chi connectivity index (χ1n) is 6.94. The summed E-state index contributed by atoms with van der Waals surface area (Å²) in [7, 11) is 1.02. The molecule has 0 bridgehead atoms. The Morgan fingerprint density at radius 1 is 1.29 bits per heavy atom. The number of nitro groups is 1. The molecule has 1 aromatic carbocycles. The van der Waals surface area contributed by atoms with Gasteiger partial charge in [-0.25, -0.2) is 14.0 Å². The molecular formula is C15H19FN2O6. The highest BCUT2D eigenvalue weighted by atomic mass is 19.1. The molecule has 0 heterocycles. The van der Waals surface area contributed by atoms with Crippen LogP contribution in [0.4, 0.5) is 10.1 Å². The minimum Gasteiger partial charge on any atom is -0.467 e. The van der Waals surface area contributed by atoms with Crippen LogP contribution in [0.2, 0.25) is 0 Å². The molecule has 0 saturated heterocycles. The van der Waals surface area contributed by atoms with Crippen molar-refractivity contribution in [3.8, 4) is 0 Å².